The van der Waals surface area contributed by atoms with Crippen LogP contribution in [0.3, 0.4) is 0 Å². The molecule has 0 aliphatic rings. The molecule has 0 saturated carbocycles. The van der Waals surface area contributed by atoms with E-state index in [4.69, 9.17) is 5.11 Å². The average molecular weight is 213 g/mol. The molecule has 0 aromatic carbocycles. The third-order valence-electron chi connectivity index (χ3n) is 1.96. The minimum absolute atomic E-state index is 0.0786. The Bertz CT molecular complexity index is 320. The Morgan fingerprint density at radius 3 is 2.57 bits per heavy atom. The molecule has 78 valence electrons. The highest BCUT2D eigenvalue weighted by Crippen LogP contribution is 2.21. The number of anilines is 1. The van der Waals surface area contributed by atoms with Crippen LogP contribution in [0, 0.1) is 12.8 Å². The molecule has 0 aliphatic heterocycles. The Morgan fingerprint density at radius 2 is 2.21 bits per heavy atom. The molecule has 1 aromatic heterocycles. The van der Waals surface area contributed by atoms with E-state index < -0.39 is 12.0 Å². The van der Waals surface area contributed by atoms with E-state index in [9.17, 15) is 4.79 Å². The molecule has 4 heteroatoms. The van der Waals surface area contributed by atoms with Crippen molar-refractivity contribution >= 4 is 22.3 Å². The summed E-state index contributed by atoms with van der Waals surface area (Å²) in [5.74, 6) is -0.721. The first-order valence-electron chi connectivity index (χ1n) is 4.55. The van der Waals surface area contributed by atoms with Crippen LogP contribution in [0.2, 0.25) is 0 Å². The number of nitrogens with one attached hydrogen (secondary N) is 1. The fraction of sp³-hybridized carbons (Fsp3) is 0.500. The van der Waals surface area contributed by atoms with Crippen molar-refractivity contribution in [2.75, 3.05) is 5.32 Å². The second-order valence-corrected chi connectivity index (χ2v) is 4.60. The highest BCUT2D eigenvalue weighted by molar-refractivity contribution is 7.14. The molecule has 1 atom stereocenters. The summed E-state index contributed by atoms with van der Waals surface area (Å²) in [6.07, 6.45) is 0. The fourth-order valence-electron chi connectivity index (χ4n) is 1.17. The number of aliphatic carboxylic acids is 1. The van der Waals surface area contributed by atoms with Crippen LogP contribution in [0.1, 0.15) is 19.4 Å². The van der Waals surface area contributed by atoms with Gasteiger partial charge in [-0.15, -0.1) is 11.3 Å². The van der Waals surface area contributed by atoms with Gasteiger partial charge < -0.3 is 10.4 Å². The number of hydrogen-bond donors (Lipinski definition) is 2. The van der Waals surface area contributed by atoms with E-state index in [0.29, 0.717) is 0 Å². The second-order valence-electron chi connectivity index (χ2n) is 3.69. The number of thiophene rings is 1. The summed E-state index contributed by atoms with van der Waals surface area (Å²) < 4.78 is 0. The molecule has 0 unspecified atom stereocenters. The van der Waals surface area contributed by atoms with E-state index in [2.05, 4.69) is 5.32 Å². The first kappa shape index (κ1) is 11.0. The second kappa shape index (κ2) is 4.46. The molecule has 0 bridgehead atoms. The Morgan fingerprint density at radius 1 is 1.57 bits per heavy atom. The van der Waals surface area contributed by atoms with E-state index in [1.54, 1.807) is 0 Å². The number of hydrogen-bond acceptors (Lipinski definition) is 3. The number of aryl methyl sites for hydroxylation is 1. The van der Waals surface area contributed by atoms with E-state index >= 15 is 0 Å². The molecule has 1 aromatic rings. The first-order valence-corrected chi connectivity index (χ1v) is 5.43. The summed E-state index contributed by atoms with van der Waals surface area (Å²) in [4.78, 5) is 10.9. The monoisotopic (exact) mass is 213 g/mol. The molecule has 1 rings (SSSR count). The highest BCUT2D eigenvalue weighted by atomic mass is 32.1. The normalized spacial score (nSPS) is 12.9. The Kier molecular flexibility index (Phi) is 3.52. The minimum atomic E-state index is -0.800. The molecule has 1 heterocycles. The zero-order valence-corrected chi connectivity index (χ0v) is 9.39. The van der Waals surface area contributed by atoms with Gasteiger partial charge in [0.05, 0.1) is 5.00 Å². The lowest BCUT2D eigenvalue weighted by atomic mass is 10.1. The summed E-state index contributed by atoms with van der Waals surface area (Å²) in [5.41, 5.74) is 1.16. The maximum Gasteiger partial charge on any atom is 0.326 e. The molecule has 0 saturated heterocycles. The van der Waals surface area contributed by atoms with Crippen LogP contribution in [0.25, 0.3) is 0 Å². The third kappa shape index (κ3) is 2.73. The average Bonchev–Trinajstić information content (AvgIpc) is 2.46. The van der Waals surface area contributed by atoms with Crippen molar-refractivity contribution in [2.45, 2.75) is 26.8 Å². The van der Waals surface area contributed by atoms with Gasteiger partial charge in [0.1, 0.15) is 6.04 Å². The zero-order valence-electron chi connectivity index (χ0n) is 8.57. The smallest absolute Gasteiger partial charge is 0.326 e. The van der Waals surface area contributed by atoms with Gasteiger partial charge in [0.15, 0.2) is 0 Å². The van der Waals surface area contributed by atoms with Crippen LogP contribution >= 0.6 is 11.3 Å². The highest BCUT2D eigenvalue weighted by Gasteiger charge is 2.21. The van der Waals surface area contributed by atoms with Crippen LogP contribution in [0.4, 0.5) is 5.00 Å². The van der Waals surface area contributed by atoms with Crippen molar-refractivity contribution in [1.82, 2.24) is 0 Å². The lowest BCUT2D eigenvalue weighted by Gasteiger charge is -2.17. The summed E-state index contributed by atoms with van der Waals surface area (Å²) in [6, 6.07) is 1.45. The van der Waals surface area contributed by atoms with Gasteiger partial charge in [-0.25, -0.2) is 4.79 Å². The third-order valence-corrected chi connectivity index (χ3v) is 2.94. The predicted octanol–water partition coefficient (Wildman–Crippen LogP) is 2.58. The lowest BCUT2D eigenvalue weighted by molar-refractivity contribution is -0.138. The maximum atomic E-state index is 10.9. The van der Waals surface area contributed by atoms with Gasteiger partial charge in [-0.1, -0.05) is 13.8 Å². The predicted molar refractivity (Wildman–Crippen MR) is 58.9 cm³/mol. The van der Waals surface area contributed by atoms with E-state index in [0.717, 1.165) is 10.6 Å². The van der Waals surface area contributed by atoms with Crippen molar-refractivity contribution in [3.63, 3.8) is 0 Å². The number of carboxylic acid groups (broad SMARTS) is 1. The molecule has 0 radical (unpaired) electrons. The standard InChI is InChI=1S/C10H15NO2S/c1-6(2)9(10(12)13)11-8-4-7(3)5-14-8/h4-6,9,11H,1-3H3,(H,12,13)/t9-/m0/s1. The van der Waals surface area contributed by atoms with E-state index in [1.807, 2.05) is 32.2 Å². The number of rotatable bonds is 4. The quantitative estimate of drug-likeness (QED) is 0.808. The molecule has 0 amide bonds. The van der Waals surface area contributed by atoms with Crippen LogP contribution in [-0.4, -0.2) is 17.1 Å². The van der Waals surface area contributed by atoms with Gasteiger partial charge in [-0.05, 0) is 29.9 Å². The molecular formula is C10H15NO2S. The fourth-order valence-corrected chi connectivity index (χ4v) is 2.00. The van der Waals surface area contributed by atoms with Crippen LogP contribution in [-0.2, 0) is 4.79 Å². The molecule has 14 heavy (non-hydrogen) atoms. The maximum absolute atomic E-state index is 10.9. The largest absolute Gasteiger partial charge is 0.480 e. The van der Waals surface area contributed by atoms with Crippen molar-refractivity contribution < 1.29 is 9.90 Å². The van der Waals surface area contributed by atoms with Gasteiger partial charge in [0.2, 0.25) is 0 Å². The number of carboxylic acids is 1. The topological polar surface area (TPSA) is 49.3 Å². The molecule has 0 spiro atoms. The van der Waals surface area contributed by atoms with Crippen LogP contribution in [0.15, 0.2) is 11.4 Å². The lowest BCUT2D eigenvalue weighted by Crippen LogP contribution is -2.33. The Labute approximate surface area is 87.8 Å². The zero-order chi connectivity index (χ0) is 10.7. The van der Waals surface area contributed by atoms with Gasteiger partial charge >= 0.3 is 5.97 Å². The molecule has 3 nitrogen and oxygen atoms in total. The van der Waals surface area contributed by atoms with Crippen LogP contribution in [0.5, 0.6) is 0 Å². The van der Waals surface area contributed by atoms with Gasteiger partial charge in [-0.3, -0.25) is 0 Å². The molecule has 0 aliphatic carbocycles. The summed E-state index contributed by atoms with van der Waals surface area (Å²) >= 11 is 1.54. The van der Waals surface area contributed by atoms with Gasteiger partial charge in [-0.2, -0.15) is 0 Å². The summed E-state index contributed by atoms with van der Waals surface area (Å²) in [6.45, 7) is 5.78. The van der Waals surface area contributed by atoms with Crippen molar-refractivity contribution in [1.29, 1.82) is 0 Å². The van der Waals surface area contributed by atoms with E-state index in [1.165, 1.54) is 11.3 Å². The summed E-state index contributed by atoms with van der Waals surface area (Å²) in [5, 5.41) is 14.9. The first-order chi connectivity index (χ1) is 6.50. The molecular weight excluding hydrogens is 198 g/mol. The molecule has 2 N–H and O–H groups in total. The van der Waals surface area contributed by atoms with Crippen molar-refractivity contribution in [3.05, 3.63) is 17.0 Å². The van der Waals surface area contributed by atoms with Gasteiger partial charge in [0, 0.05) is 0 Å². The van der Waals surface area contributed by atoms with E-state index in [-0.39, 0.29) is 5.92 Å². The minimum Gasteiger partial charge on any atom is -0.480 e. The Hall–Kier alpha value is -1.03. The summed E-state index contributed by atoms with van der Waals surface area (Å²) in [7, 11) is 0. The SMILES string of the molecule is Cc1csc(N[C@H](C(=O)O)C(C)C)c1. The van der Waals surface area contributed by atoms with Crippen molar-refractivity contribution in [2.24, 2.45) is 5.92 Å². The number of carbonyl (C=O) groups is 1. The Balaban J connectivity index is 2.69. The molecule has 0 fully saturated rings. The van der Waals surface area contributed by atoms with Gasteiger partial charge in [0.25, 0.3) is 0 Å². The van der Waals surface area contributed by atoms with Crippen molar-refractivity contribution in [3.8, 4) is 0 Å². The van der Waals surface area contributed by atoms with Crippen LogP contribution < -0.4 is 5.32 Å².